The van der Waals surface area contributed by atoms with E-state index in [0.717, 1.165) is 31.9 Å². The minimum absolute atomic E-state index is 0.117. The lowest BCUT2D eigenvalue weighted by Crippen LogP contribution is -3.12. The summed E-state index contributed by atoms with van der Waals surface area (Å²) < 4.78 is 28.0. The lowest BCUT2D eigenvalue weighted by molar-refractivity contribution is -0.880. The summed E-state index contributed by atoms with van der Waals surface area (Å²) in [5, 5.41) is 2.71. The summed E-state index contributed by atoms with van der Waals surface area (Å²) in [4.78, 5) is 15.5. The summed E-state index contributed by atoms with van der Waals surface area (Å²) in [6.45, 7) is 4.20. The van der Waals surface area contributed by atoms with E-state index in [0.29, 0.717) is 16.9 Å². The molecule has 7 nitrogen and oxygen atoms in total. The molecule has 0 spiro atoms. The van der Waals surface area contributed by atoms with Gasteiger partial charge in [-0.15, -0.1) is 0 Å². The summed E-state index contributed by atoms with van der Waals surface area (Å²) in [5.41, 5.74) is 3.01. The van der Waals surface area contributed by atoms with E-state index in [1.807, 2.05) is 12.1 Å². The summed E-state index contributed by atoms with van der Waals surface area (Å²) in [6, 6.07) is 12.2. The Morgan fingerprint density at radius 3 is 2.48 bits per heavy atom. The maximum Gasteiger partial charge on any atom is 0.261 e. The van der Waals surface area contributed by atoms with Crippen LogP contribution in [0.1, 0.15) is 5.56 Å². The predicted octanol–water partition coefficient (Wildman–Crippen LogP) is 0.317. The molecule has 0 saturated carbocycles. The zero-order valence-electron chi connectivity index (χ0n) is 15.2. The van der Waals surface area contributed by atoms with Gasteiger partial charge in [-0.25, -0.2) is 8.42 Å². The van der Waals surface area contributed by atoms with Gasteiger partial charge in [0.1, 0.15) is 0 Å². The van der Waals surface area contributed by atoms with Crippen molar-refractivity contribution in [2.45, 2.75) is 11.3 Å². The van der Waals surface area contributed by atoms with Gasteiger partial charge in [0.05, 0.1) is 44.5 Å². The third kappa shape index (κ3) is 3.77. The molecule has 1 saturated heterocycles. The van der Waals surface area contributed by atoms with E-state index in [1.54, 1.807) is 24.3 Å². The van der Waals surface area contributed by atoms with Gasteiger partial charge in [0, 0.05) is 17.1 Å². The van der Waals surface area contributed by atoms with Crippen LogP contribution in [0.4, 0.5) is 17.1 Å². The van der Waals surface area contributed by atoms with Gasteiger partial charge >= 0.3 is 0 Å². The summed E-state index contributed by atoms with van der Waals surface area (Å²) in [5.74, 6) is -0.117. The number of fused-ring (bicyclic) bond motifs is 1. The number of benzene rings is 2. The smallest absolute Gasteiger partial charge is 0.261 e. The van der Waals surface area contributed by atoms with Gasteiger partial charge in [0.15, 0.2) is 0 Å². The molecule has 0 radical (unpaired) electrons. The van der Waals surface area contributed by atoms with E-state index in [9.17, 15) is 13.2 Å². The number of amides is 1. The fraction of sp³-hybridized carbons (Fsp3) is 0.316. The first-order valence-corrected chi connectivity index (χ1v) is 10.5. The lowest BCUT2D eigenvalue weighted by atomic mass is 10.2. The topological polar surface area (TPSA) is 83.0 Å². The van der Waals surface area contributed by atoms with Crippen LogP contribution >= 0.6 is 0 Å². The first-order valence-electron chi connectivity index (χ1n) is 9.03. The Bertz CT molecular complexity index is 965. The molecule has 142 valence electrons. The van der Waals surface area contributed by atoms with Crippen molar-refractivity contribution in [3.63, 3.8) is 0 Å². The Labute approximate surface area is 159 Å². The highest BCUT2D eigenvalue weighted by Gasteiger charge is 2.22. The molecule has 0 aromatic heterocycles. The Kier molecular flexibility index (Phi) is 4.53. The van der Waals surface area contributed by atoms with Crippen LogP contribution in [-0.2, 0) is 21.2 Å². The minimum atomic E-state index is -3.70. The number of carbonyl (C=O) groups excluding carboxylic acids is 1. The molecule has 2 heterocycles. The van der Waals surface area contributed by atoms with Gasteiger partial charge in [-0.2, -0.15) is 0 Å². The Hall–Kier alpha value is -2.58. The Balaban J connectivity index is 1.48. The van der Waals surface area contributed by atoms with E-state index >= 15 is 0 Å². The molecule has 27 heavy (non-hydrogen) atoms. The number of nitrogens with one attached hydrogen (secondary N) is 3. The minimum Gasteiger partial charge on any atom is -0.360 e. The van der Waals surface area contributed by atoms with Crippen molar-refractivity contribution in [1.29, 1.82) is 0 Å². The van der Waals surface area contributed by atoms with Crippen LogP contribution in [0, 0.1) is 0 Å². The third-order valence-corrected chi connectivity index (χ3v) is 6.49. The number of sulfonamides is 1. The van der Waals surface area contributed by atoms with Crippen LogP contribution in [0.25, 0.3) is 0 Å². The van der Waals surface area contributed by atoms with E-state index in [4.69, 9.17) is 0 Å². The number of likely N-dealkylation sites (N-methyl/N-ethyl adjacent to an activating group) is 1. The molecule has 2 aliphatic rings. The van der Waals surface area contributed by atoms with Crippen LogP contribution < -0.4 is 19.8 Å². The maximum atomic E-state index is 12.7. The molecule has 1 amide bonds. The number of piperazine rings is 1. The molecule has 2 aromatic rings. The highest BCUT2D eigenvalue weighted by atomic mass is 32.2. The van der Waals surface area contributed by atoms with Gasteiger partial charge in [0.2, 0.25) is 5.91 Å². The molecule has 0 unspecified atom stereocenters. The fourth-order valence-electron chi connectivity index (χ4n) is 3.47. The Morgan fingerprint density at radius 2 is 1.78 bits per heavy atom. The highest BCUT2D eigenvalue weighted by molar-refractivity contribution is 7.92. The second-order valence-corrected chi connectivity index (χ2v) is 8.82. The number of nitrogens with zero attached hydrogens (tertiary/aromatic N) is 1. The zero-order chi connectivity index (χ0) is 19.0. The average molecular weight is 387 g/mol. The predicted molar refractivity (Wildman–Crippen MR) is 105 cm³/mol. The van der Waals surface area contributed by atoms with E-state index in [-0.39, 0.29) is 17.2 Å². The second-order valence-electron chi connectivity index (χ2n) is 7.14. The molecule has 0 bridgehead atoms. The molecule has 0 atom stereocenters. The van der Waals surface area contributed by atoms with Crippen LogP contribution in [0.2, 0.25) is 0 Å². The standard InChI is InChI=1S/C19H22N4O3S/c1-22-8-10-23(11-9-22)16-4-2-15(3-5-16)21-27(25,26)17-6-7-18-14(12-17)13-19(24)20-18/h2-7,12,21H,8-11,13H2,1H3,(H,20,24)/p+1. The molecule has 4 rings (SSSR count). The van der Waals surface area contributed by atoms with Crippen molar-refractivity contribution in [2.24, 2.45) is 0 Å². The lowest BCUT2D eigenvalue weighted by Gasteiger charge is -2.31. The van der Waals surface area contributed by atoms with Crippen LogP contribution in [-0.4, -0.2) is 47.6 Å². The third-order valence-electron chi connectivity index (χ3n) is 5.11. The van der Waals surface area contributed by atoms with Gasteiger partial charge < -0.3 is 15.1 Å². The van der Waals surface area contributed by atoms with E-state index in [2.05, 4.69) is 22.0 Å². The monoisotopic (exact) mass is 387 g/mol. The first kappa shape index (κ1) is 17.8. The first-order chi connectivity index (χ1) is 12.9. The molecular formula is C19H23N4O3S+. The van der Waals surface area contributed by atoms with Gasteiger partial charge in [-0.1, -0.05) is 0 Å². The fourth-order valence-corrected chi connectivity index (χ4v) is 4.58. The summed E-state index contributed by atoms with van der Waals surface area (Å²) >= 11 is 0. The average Bonchev–Trinajstić information content (AvgIpc) is 3.02. The number of rotatable bonds is 4. The molecular weight excluding hydrogens is 364 g/mol. The molecule has 8 heteroatoms. The highest BCUT2D eigenvalue weighted by Crippen LogP contribution is 2.27. The van der Waals surface area contributed by atoms with Crippen molar-refractivity contribution < 1.29 is 18.1 Å². The van der Waals surface area contributed by atoms with Gasteiger partial charge in [-0.3, -0.25) is 9.52 Å². The van der Waals surface area contributed by atoms with Crippen molar-refractivity contribution >= 4 is 33.0 Å². The molecule has 0 aliphatic carbocycles. The number of anilines is 3. The van der Waals surface area contributed by atoms with Crippen molar-refractivity contribution in [3.05, 3.63) is 48.0 Å². The van der Waals surface area contributed by atoms with Crippen molar-refractivity contribution in [2.75, 3.05) is 48.2 Å². The second kappa shape index (κ2) is 6.86. The number of hydrogen-bond acceptors (Lipinski definition) is 4. The number of hydrogen-bond donors (Lipinski definition) is 3. The SMILES string of the molecule is C[NH+]1CCN(c2ccc(NS(=O)(=O)c3ccc4c(c3)CC(=O)N4)cc2)CC1. The van der Waals surface area contributed by atoms with Crippen molar-refractivity contribution in [1.82, 2.24) is 0 Å². The zero-order valence-corrected chi connectivity index (χ0v) is 16.0. The van der Waals surface area contributed by atoms with E-state index < -0.39 is 10.0 Å². The quantitative estimate of drug-likeness (QED) is 0.706. The van der Waals surface area contributed by atoms with Crippen LogP contribution in [0.5, 0.6) is 0 Å². The molecule has 2 aromatic carbocycles. The Morgan fingerprint density at radius 1 is 1.07 bits per heavy atom. The normalized spacial score (nSPS) is 17.5. The van der Waals surface area contributed by atoms with Gasteiger partial charge in [0.25, 0.3) is 10.0 Å². The molecule has 3 N–H and O–H groups in total. The number of quaternary nitrogens is 1. The summed E-state index contributed by atoms with van der Waals surface area (Å²) in [6.07, 6.45) is 0.208. The molecule has 1 fully saturated rings. The molecule has 2 aliphatic heterocycles. The van der Waals surface area contributed by atoms with Gasteiger partial charge in [-0.05, 0) is 48.0 Å². The van der Waals surface area contributed by atoms with Crippen LogP contribution in [0.15, 0.2) is 47.4 Å². The van der Waals surface area contributed by atoms with Crippen molar-refractivity contribution in [3.8, 4) is 0 Å². The van der Waals surface area contributed by atoms with Crippen LogP contribution in [0.3, 0.4) is 0 Å². The largest absolute Gasteiger partial charge is 0.360 e. The summed E-state index contributed by atoms with van der Waals surface area (Å²) in [7, 11) is -1.51. The number of carbonyl (C=O) groups is 1. The maximum absolute atomic E-state index is 12.7. The van der Waals surface area contributed by atoms with E-state index in [1.165, 1.54) is 11.0 Å².